The van der Waals surface area contributed by atoms with E-state index in [4.69, 9.17) is 10.9 Å². The molecule has 2 aromatic rings. The molecule has 4 N–H and O–H groups in total. The van der Waals surface area contributed by atoms with Crippen LogP contribution >= 0.6 is 0 Å². The van der Waals surface area contributed by atoms with E-state index in [9.17, 15) is 13.6 Å². The number of carbonyl (C=O) groups is 1. The normalized spacial score (nSPS) is 11.2. The summed E-state index contributed by atoms with van der Waals surface area (Å²) in [6.45, 7) is 0. The van der Waals surface area contributed by atoms with Gasteiger partial charge in [0.05, 0.1) is 5.69 Å². The summed E-state index contributed by atoms with van der Waals surface area (Å²) in [5, 5.41) is 13.6. The van der Waals surface area contributed by atoms with Crippen LogP contribution in [0.15, 0.2) is 47.6 Å². The maximum atomic E-state index is 13.8. The summed E-state index contributed by atoms with van der Waals surface area (Å²) in [5.41, 5.74) is 5.46. The first kappa shape index (κ1) is 14.4. The molecule has 0 atom stereocenters. The Labute approximate surface area is 118 Å². The minimum Gasteiger partial charge on any atom is -0.409 e. The first-order valence-electron chi connectivity index (χ1n) is 5.85. The van der Waals surface area contributed by atoms with Gasteiger partial charge in [-0.1, -0.05) is 11.2 Å². The summed E-state index contributed by atoms with van der Waals surface area (Å²) in [6, 6.07) is 8.67. The number of oxime groups is 1. The molecule has 2 rings (SSSR count). The van der Waals surface area contributed by atoms with Crippen molar-refractivity contribution in [3.63, 3.8) is 0 Å². The zero-order chi connectivity index (χ0) is 15.4. The third-order valence-corrected chi connectivity index (χ3v) is 2.71. The molecule has 0 fully saturated rings. The minimum absolute atomic E-state index is 0.0647. The van der Waals surface area contributed by atoms with Crippen LogP contribution in [-0.2, 0) is 0 Å². The minimum atomic E-state index is -0.760. The summed E-state index contributed by atoms with van der Waals surface area (Å²) < 4.78 is 26.8. The highest BCUT2D eigenvalue weighted by Gasteiger charge is 2.11. The highest BCUT2D eigenvalue weighted by molar-refractivity contribution is 6.04. The molecule has 108 valence electrons. The van der Waals surface area contributed by atoms with Crippen molar-refractivity contribution in [2.75, 3.05) is 5.32 Å². The van der Waals surface area contributed by atoms with Gasteiger partial charge in [0.1, 0.15) is 11.6 Å². The van der Waals surface area contributed by atoms with Gasteiger partial charge in [-0.05, 0) is 36.4 Å². The van der Waals surface area contributed by atoms with E-state index in [1.807, 2.05) is 0 Å². The molecule has 21 heavy (non-hydrogen) atoms. The fourth-order valence-electron chi connectivity index (χ4n) is 1.66. The van der Waals surface area contributed by atoms with E-state index in [0.29, 0.717) is 0 Å². The Balaban J connectivity index is 2.22. The summed E-state index contributed by atoms with van der Waals surface area (Å²) in [5.74, 6) is -2.23. The van der Waals surface area contributed by atoms with Gasteiger partial charge >= 0.3 is 0 Å². The molecule has 0 aromatic heterocycles. The third-order valence-electron chi connectivity index (χ3n) is 2.71. The maximum absolute atomic E-state index is 13.8. The number of nitrogens with one attached hydrogen (secondary N) is 1. The van der Waals surface area contributed by atoms with Crippen molar-refractivity contribution < 1.29 is 18.8 Å². The van der Waals surface area contributed by atoms with Crippen LogP contribution in [0.25, 0.3) is 0 Å². The largest absolute Gasteiger partial charge is 0.409 e. The fourth-order valence-corrected chi connectivity index (χ4v) is 1.66. The Kier molecular flexibility index (Phi) is 4.13. The number of nitrogens with zero attached hydrogens (tertiary/aromatic N) is 1. The number of anilines is 1. The zero-order valence-corrected chi connectivity index (χ0v) is 10.7. The number of halogens is 2. The number of nitrogens with two attached hydrogens (primary N) is 1. The molecule has 0 saturated heterocycles. The fraction of sp³-hybridized carbons (Fsp3) is 0. The van der Waals surface area contributed by atoms with E-state index < -0.39 is 17.5 Å². The standard InChI is InChI=1S/C14H11F2N3O2/c15-10-3-1-2-9(6-10)14(20)18-12-5-4-8(7-11(12)16)13(17)19-21/h1-7,21H,(H2,17,19)(H,18,20). The molecule has 2 aromatic carbocycles. The summed E-state index contributed by atoms with van der Waals surface area (Å²) in [6.07, 6.45) is 0. The van der Waals surface area contributed by atoms with Crippen LogP contribution in [-0.4, -0.2) is 17.0 Å². The Hall–Kier alpha value is -2.96. The molecule has 0 spiro atoms. The topological polar surface area (TPSA) is 87.7 Å². The quantitative estimate of drug-likeness (QED) is 0.351. The first-order chi connectivity index (χ1) is 10.0. The lowest BCUT2D eigenvalue weighted by Gasteiger charge is -2.08. The molecule has 0 radical (unpaired) electrons. The van der Waals surface area contributed by atoms with E-state index in [1.54, 1.807) is 0 Å². The number of hydrogen-bond donors (Lipinski definition) is 3. The van der Waals surface area contributed by atoms with Gasteiger partial charge in [-0.2, -0.15) is 0 Å². The predicted molar refractivity (Wildman–Crippen MR) is 73.3 cm³/mol. The summed E-state index contributed by atoms with van der Waals surface area (Å²) >= 11 is 0. The van der Waals surface area contributed by atoms with Gasteiger partial charge in [0, 0.05) is 11.1 Å². The molecular formula is C14H11F2N3O2. The summed E-state index contributed by atoms with van der Waals surface area (Å²) in [7, 11) is 0. The zero-order valence-electron chi connectivity index (χ0n) is 10.7. The molecule has 0 aliphatic rings. The second-order valence-electron chi connectivity index (χ2n) is 4.14. The molecule has 0 aliphatic heterocycles. The Morgan fingerprint density at radius 2 is 1.90 bits per heavy atom. The van der Waals surface area contributed by atoms with Gasteiger partial charge in [-0.15, -0.1) is 0 Å². The van der Waals surface area contributed by atoms with Crippen molar-refractivity contribution >= 4 is 17.4 Å². The van der Waals surface area contributed by atoms with Gasteiger partial charge in [-0.3, -0.25) is 4.79 Å². The van der Waals surface area contributed by atoms with Gasteiger partial charge in [0.2, 0.25) is 0 Å². The van der Waals surface area contributed by atoms with Gasteiger partial charge in [0.25, 0.3) is 5.91 Å². The second kappa shape index (κ2) is 6.00. The van der Waals surface area contributed by atoms with Crippen LogP contribution < -0.4 is 11.1 Å². The van der Waals surface area contributed by atoms with Crippen LogP contribution in [0, 0.1) is 11.6 Å². The Morgan fingerprint density at radius 3 is 2.52 bits per heavy atom. The SMILES string of the molecule is N/C(=N/O)c1ccc(NC(=O)c2cccc(F)c2)c(F)c1. The molecule has 1 amide bonds. The maximum Gasteiger partial charge on any atom is 0.255 e. The lowest BCUT2D eigenvalue weighted by molar-refractivity contribution is 0.102. The predicted octanol–water partition coefficient (Wildman–Crippen LogP) is 2.31. The number of benzene rings is 2. The van der Waals surface area contributed by atoms with Crippen molar-refractivity contribution in [2.24, 2.45) is 10.9 Å². The molecule has 5 nitrogen and oxygen atoms in total. The lowest BCUT2D eigenvalue weighted by atomic mass is 10.1. The van der Waals surface area contributed by atoms with Crippen molar-refractivity contribution in [3.8, 4) is 0 Å². The van der Waals surface area contributed by atoms with Crippen LogP contribution in [0.5, 0.6) is 0 Å². The van der Waals surface area contributed by atoms with Gasteiger partial charge in [0.15, 0.2) is 5.84 Å². The average molecular weight is 291 g/mol. The average Bonchev–Trinajstić information content (AvgIpc) is 2.48. The number of carbonyl (C=O) groups excluding carboxylic acids is 1. The highest BCUT2D eigenvalue weighted by atomic mass is 19.1. The van der Waals surface area contributed by atoms with Gasteiger partial charge < -0.3 is 16.3 Å². The lowest BCUT2D eigenvalue weighted by Crippen LogP contribution is -2.16. The molecule has 7 heteroatoms. The Morgan fingerprint density at radius 1 is 1.14 bits per heavy atom. The van der Waals surface area contributed by atoms with Crippen LogP contribution in [0.4, 0.5) is 14.5 Å². The first-order valence-corrected chi connectivity index (χ1v) is 5.85. The number of rotatable bonds is 3. The van der Waals surface area contributed by atoms with Crippen LogP contribution in [0.1, 0.15) is 15.9 Å². The molecular weight excluding hydrogens is 280 g/mol. The second-order valence-corrected chi connectivity index (χ2v) is 4.14. The van der Waals surface area contributed by atoms with Crippen molar-refractivity contribution in [1.29, 1.82) is 0 Å². The molecule has 0 aliphatic carbocycles. The van der Waals surface area contributed by atoms with Crippen molar-refractivity contribution in [1.82, 2.24) is 0 Å². The van der Waals surface area contributed by atoms with Gasteiger partial charge in [-0.25, -0.2) is 8.78 Å². The monoisotopic (exact) mass is 291 g/mol. The van der Waals surface area contributed by atoms with E-state index in [0.717, 1.165) is 12.1 Å². The molecule has 0 saturated carbocycles. The molecule has 0 heterocycles. The number of hydrogen-bond acceptors (Lipinski definition) is 3. The smallest absolute Gasteiger partial charge is 0.255 e. The molecule has 0 unspecified atom stereocenters. The van der Waals surface area contributed by atoms with E-state index >= 15 is 0 Å². The number of amidine groups is 1. The van der Waals surface area contributed by atoms with Crippen LogP contribution in [0.2, 0.25) is 0 Å². The van der Waals surface area contributed by atoms with E-state index in [2.05, 4.69) is 10.5 Å². The van der Waals surface area contributed by atoms with Crippen molar-refractivity contribution in [2.45, 2.75) is 0 Å². The van der Waals surface area contributed by atoms with E-state index in [-0.39, 0.29) is 22.6 Å². The van der Waals surface area contributed by atoms with Crippen molar-refractivity contribution in [3.05, 3.63) is 65.2 Å². The van der Waals surface area contributed by atoms with Crippen LogP contribution in [0.3, 0.4) is 0 Å². The summed E-state index contributed by atoms with van der Waals surface area (Å²) in [4.78, 5) is 11.9. The molecule has 0 bridgehead atoms. The highest BCUT2D eigenvalue weighted by Crippen LogP contribution is 2.17. The number of amides is 1. The Bertz CT molecular complexity index is 717. The van der Waals surface area contributed by atoms with E-state index in [1.165, 1.54) is 30.3 Å². The third kappa shape index (κ3) is 3.33.